The van der Waals surface area contributed by atoms with E-state index in [9.17, 15) is 19.2 Å². The molecule has 1 aromatic carbocycles. The number of halogens is 1. The number of rotatable bonds is 10. The zero-order chi connectivity index (χ0) is 20.1. The lowest BCUT2D eigenvalue weighted by molar-refractivity contribution is -0.159. The molecule has 0 saturated carbocycles. The summed E-state index contributed by atoms with van der Waals surface area (Å²) in [5.74, 6) is -2.59. The Kier molecular flexibility index (Phi) is 10.7. The number of esters is 4. The number of hydrogen-bond acceptors (Lipinski definition) is 7. The molecule has 0 aromatic heterocycles. The van der Waals surface area contributed by atoms with Gasteiger partial charge in [0.2, 0.25) is 0 Å². The number of benzene rings is 1. The van der Waals surface area contributed by atoms with Crippen molar-refractivity contribution in [2.24, 2.45) is 0 Å². The average Bonchev–Trinajstić information content (AvgIpc) is 2.64. The maximum Gasteiger partial charge on any atom is 0.331 e. The number of hydrogen-bond donors (Lipinski definition) is 0. The Bertz CT molecular complexity index is 670. The highest BCUT2D eigenvalue weighted by Gasteiger charge is 2.14. The third kappa shape index (κ3) is 11.0. The highest BCUT2D eigenvalue weighted by Crippen LogP contribution is 2.10. The van der Waals surface area contributed by atoms with Gasteiger partial charge >= 0.3 is 23.9 Å². The quantitative estimate of drug-likeness (QED) is 0.181. The van der Waals surface area contributed by atoms with Crippen LogP contribution in [0.5, 0.6) is 0 Å². The monoisotopic (exact) mass is 440 g/mol. The van der Waals surface area contributed by atoms with Crippen LogP contribution in [-0.2, 0) is 39.8 Å². The molecule has 0 N–H and O–H groups in total. The Morgan fingerprint density at radius 3 is 2.26 bits per heavy atom. The van der Waals surface area contributed by atoms with Crippen molar-refractivity contribution in [1.82, 2.24) is 0 Å². The largest absolute Gasteiger partial charge is 0.463 e. The van der Waals surface area contributed by atoms with Crippen LogP contribution >= 0.6 is 15.9 Å². The Morgan fingerprint density at radius 2 is 1.63 bits per heavy atom. The standard InChI is InChI=1S/C19H21BrO7/c1-2-25-16(21)10-11-17(22)26-13-15(20)8-9-18(23)27-19(24)12-14-6-4-3-5-7-14/h3-7,10-11,15H,2,8-9,12-13H2,1H3/b11-10+. The summed E-state index contributed by atoms with van der Waals surface area (Å²) in [6.07, 6.45) is 2.27. The molecule has 8 heteroatoms. The second-order valence-corrected chi connectivity index (χ2v) is 6.65. The van der Waals surface area contributed by atoms with Crippen molar-refractivity contribution in [3.8, 4) is 0 Å². The Labute approximate surface area is 165 Å². The van der Waals surface area contributed by atoms with Crippen molar-refractivity contribution in [3.05, 3.63) is 48.0 Å². The van der Waals surface area contributed by atoms with Gasteiger partial charge < -0.3 is 14.2 Å². The van der Waals surface area contributed by atoms with Gasteiger partial charge in [-0.05, 0) is 18.9 Å². The summed E-state index contributed by atoms with van der Waals surface area (Å²) in [7, 11) is 0. The summed E-state index contributed by atoms with van der Waals surface area (Å²) in [6, 6.07) is 8.96. The van der Waals surface area contributed by atoms with Crippen molar-refractivity contribution in [3.63, 3.8) is 0 Å². The first kappa shape index (κ1) is 22.6. The second kappa shape index (κ2) is 12.8. The summed E-state index contributed by atoms with van der Waals surface area (Å²) in [5.41, 5.74) is 0.761. The first-order valence-electron chi connectivity index (χ1n) is 8.33. The molecular weight excluding hydrogens is 420 g/mol. The minimum absolute atomic E-state index is 0.00274. The lowest BCUT2D eigenvalue weighted by Crippen LogP contribution is -2.18. The van der Waals surface area contributed by atoms with Gasteiger partial charge in [0.15, 0.2) is 0 Å². The zero-order valence-corrected chi connectivity index (χ0v) is 16.5. The zero-order valence-electron chi connectivity index (χ0n) is 14.9. The second-order valence-electron chi connectivity index (χ2n) is 5.36. The summed E-state index contributed by atoms with van der Waals surface area (Å²) in [4.78, 5) is 45.6. The SMILES string of the molecule is CCOC(=O)/C=C/C(=O)OCC(Br)CCC(=O)OC(=O)Cc1ccccc1. The fourth-order valence-corrected chi connectivity index (χ4v) is 2.24. The molecule has 0 fully saturated rings. The molecule has 1 atom stereocenters. The lowest BCUT2D eigenvalue weighted by Gasteiger charge is -2.09. The maximum absolute atomic E-state index is 11.7. The number of ether oxygens (including phenoxy) is 3. The molecule has 0 bridgehead atoms. The molecular formula is C19H21BrO7. The topological polar surface area (TPSA) is 96.0 Å². The van der Waals surface area contributed by atoms with E-state index in [2.05, 4.69) is 20.7 Å². The van der Waals surface area contributed by atoms with Crippen LogP contribution in [0.3, 0.4) is 0 Å². The molecule has 27 heavy (non-hydrogen) atoms. The smallest absolute Gasteiger partial charge is 0.331 e. The van der Waals surface area contributed by atoms with Gasteiger partial charge in [0.1, 0.15) is 6.61 Å². The van der Waals surface area contributed by atoms with Crippen molar-refractivity contribution >= 4 is 39.8 Å². The van der Waals surface area contributed by atoms with E-state index in [-0.39, 0.29) is 30.9 Å². The third-order valence-corrected chi connectivity index (χ3v) is 3.85. The van der Waals surface area contributed by atoms with Gasteiger partial charge in [0.05, 0.1) is 13.0 Å². The van der Waals surface area contributed by atoms with Gasteiger partial charge in [-0.2, -0.15) is 0 Å². The molecule has 0 saturated heterocycles. The van der Waals surface area contributed by atoms with Crippen molar-refractivity contribution < 1.29 is 33.4 Å². The van der Waals surface area contributed by atoms with Crippen LogP contribution < -0.4 is 0 Å². The number of alkyl halides is 1. The van der Waals surface area contributed by atoms with Crippen LogP contribution in [0.2, 0.25) is 0 Å². The van der Waals surface area contributed by atoms with E-state index in [1.165, 1.54) is 0 Å². The summed E-state index contributed by atoms with van der Waals surface area (Å²) in [5, 5.41) is 0. The van der Waals surface area contributed by atoms with E-state index in [0.717, 1.165) is 17.7 Å². The van der Waals surface area contributed by atoms with Gasteiger partial charge in [-0.3, -0.25) is 9.59 Å². The predicted molar refractivity (Wildman–Crippen MR) is 99.9 cm³/mol. The molecule has 0 spiro atoms. The summed E-state index contributed by atoms with van der Waals surface area (Å²) in [6.45, 7) is 1.86. The lowest BCUT2D eigenvalue weighted by atomic mass is 10.1. The fourth-order valence-electron chi connectivity index (χ4n) is 1.88. The number of carbonyl (C=O) groups is 4. The van der Waals surface area contributed by atoms with Crippen LogP contribution in [-0.4, -0.2) is 41.9 Å². The predicted octanol–water partition coefficient (Wildman–Crippen LogP) is 2.51. The highest BCUT2D eigenvalue weighted by molar-refractivity contribution is 9.09. The van der Waals surface area contributed by atoms with Crippen LogP contribution in [0.25, 0.3) is 0 Å². The van der Waals surface area contributed by atoms with Crippen molar-refractivity contribution in [2.45, 2.75) is 31.0 Å². The Morgan fingerprint density at radius 1 is 1.00 bits per heavy atom. The Balaban J connectivity index is 2.22. The molecule has 0 aliphatic rings. The van der Waals surface area contributed by atoms with Gasteiger partial charge in [-0.1, -0.05) is 46.3 Å². The summed E-state index contributed by atoms with van der Waals surface area (Å²) < 4.78 is 14.3. The molecule has 0 aliphatic heterocycles. The van der Waals surface area contributed by atoms with E-state index in [0.29, 0.717) is 6.42 Å². The fraction of sp³-hybridized carbons (Fsp3) is 0.368. The molecule has 1 unspecified atom stereocenters. The van der Waals surface area contributed by atoms with Crippen molar-refractivity contribution in [1.29, 1.82) is 0 Å². The van der Waals surface area contributed by atoms with E-state index in [1.807, 2.05) is 6.07 Å². The van der Waals surface area contributed by atoms with Crippen LogP contribution in [0.1, 0.15) is 25.3 Å². The molecule has 0 aliphatic carbocycles. The van der Waals surface area contributed by atoms with Gasteiger partial charge in [-0.25, -0.2) is 9.59 Å². The van der Waals surface area contributed by atoms with Crippen LogP contribution in [0, 0.1) is 0 Å². The molecule has 7 nitrogen and oxygen atoms in total. The molecule has 146 valence electrons. The van der Waals surface area contributed by atoms with E-state index in [1.54, 1.807) is 31.2 Å². The van der Waals surface area contributed by atoms with Gasteiger partial charge in [0.25, 0.3) is 0 Å². The molecule has 0 heterocycles. The van der Waals surface area contributed by atoms with Gasteiger partial charge in [0, 0.05) is 23.4 Å². The van der Waals surface area contributed by atoms with Crippen LogP contribution in [0.4, 0.5) is 0 Å². The van der Waals surface area contributed by atoms with Crippen LogP contribution in [0.15, 0.2) is 42.5 Å². The third-order valence-electron chi connectivity index (χ3n) is 3.13. The molecule has 0 radical (unpaired) electrons. The maximum atomic E-state index is 11.7. The average molecular weight is 441 g/mol. The van der Waals surface area contributed by atoms with Gasteiger partial charge in [-0.15, -0.1) is 0 Å². The van der Waals surface area contributed by atoms with E-state index < -0.39 is 23.9 Å². The first-order chi connectivity index (χ1) is 12.9. The minimum Gasteiger partial charge on any atom is -0.463 e. The van der Waals surface area contributed by atoms with E-state index >= 15 is 0 Å². The van der Waals surface area contributed by atoms with E-state index in [4.69, 9.17) is 9.47 Å². The normalized spacial score (nSPS) is 11.6. The Hall–Kier alpha value is -2.48. The molecule has 1 aromatic rings. The number of carbonyl (C=O) groups excluding carboxylic acids is 4. The first-order valence-corrected chi connectivity index (χ1v) is 9.25. The molecule has 0 amide bonds. The van der Waals surface area contributed by atoms with Crippen molar-refractivity contribution in [2.75, 3.05) is 13.2 Å². The molecule has 1 rings (SSSR count). The highest BCUT2D eigenvalue weighted by atomic mass is 79.9. The summed E-state index contributed by atoms with van der Waals surface area (Å²) >= 11 is 3.27. The minimum atomic E-state index is -0.701.